The minimum Gasteiger partial charge on any atom is -0.300 e. The molecule has 1 aliphatic rings. The monoisotopic (exact) mass is 308 g/mol. The first-order chi connectivity index (χ1) is 10.1. The summed E-state index contributed by atoms with van der Waals surface area (Å²) in [5.41, 5.74) is 0.723. The van der Waals surface area contributed by atoms with E-state index >= 15 is 0 Å². The molecule has 1 aliphatic heterocycles. The van der Waals surface area contributed by atoms with Crippen LogP contribution in [0.1, 0.15) is 37.0 Å². The molecular weight excluding hydrogens is 284 g/mol. The second-order valence-electron chi connectivity index (χ2n) is 5.82. The number of Topliss-reactive ketones (excluding diaryl/α,β-unsaturated/α-hetero) is 1. The number of carbonyl (C=O) groups excluding carboxylic acids is 1. The fraction of sp³-hybridized carbons (Fsp3) is 0.588. The Labute approximate surface area is 132 Å². The van der Waals surface area contributed by atoms with E-state index in [1.54, 1.807) is 12.1 Å². The van der Waals surface area contributed by atoms with Crippen LogP contribution in [-0.4, -0.2) is 54.3 Å². The summed E-state index contributed by atoms with van der Waals surface area (Å²) in [6.07, 6.45) is 1.77. The van der Waals surface area contributed by atoms with E-state index in [0.717, 1.165) is 38.3 Å². The number of rotatable bonds is 6. The van der Waals surface area contributed by atoms with Crippen molar-refractivity contribution in [1.82, 2.24) is 9.80 Å². The highest BCUT2D eigenvalue weighted by Gasteiger charge is 2.20. The summed E-state index contributed by atoms with van der Waals surface area (Å²) in [5.74, 6) is 0.182. The number of halogens is 1. The SMILES string of the molecule is CCC(C)N1CCN(CCC(=O)c2cccc(Cl)c2)CC1. The highest BCUT2D eigenvalue weighted by Crippen LogP contribution is 2.13. The summed E-state index contributed by atoms with van der Waals surface area (Å²) in [7, 11) is 0. The Hall–Kier alpha value is -0.900. The molecule has 21 heavy (non-hydrogen) atoms. The van der Waals surface area contributed by atoms with Gasteiger partial charge < -0.3 is 4.90 Å². The summed E-state index contributed by atoms with van der Waals surface area (Å²) in [4.78, 5) is 17.1. The fourth-order valence-corrected chi connectivity index (χ4v) is 2.94. The normalized spacial score (nSPS) is 18.6. The van der Waals surface area contributed by atoms with E-state index in [4.69, 9.17) is 11.6 Å². The summed E-state index contributed by atoms with van der Waals surface area (Å²) in [5, 5.41) is 0.628. The molecule has 0 amide bonds. The van der Waals surface area contributed by atoms with Gasteiger partial charge in [-0.1, -0.05) is 30.7 Å². The van der Waals surface area contributed by atoms with E-state index < -0.39 is 0 Å². The topological polar surface area (TPSA) is 23.6 Å². The Morgan fingerprint density at radius 1 is 1.29 bits per heavy atom. The number of carbonyl (C=O) groups is 1. The molecule has 0 radical (unpaired) electrons. The highest BCUT2D eigenvalue weighted by atomic mass is 35.5. The van der Waals surface area contributed by atoms with E-state index in [0.29, 0.717) is 17.5 Å². The summed E-state index contributed by atoms with van der Waals surface area (Å²) in [6, 6.07) is 7.90. The van der Waals surface area contributed by atoms with E-state index in [2.05, 4.69) is 23.6 Å². The Bertz CT molecular complexity index is 470. The first-order valence-electron chi connectivity index (χ1n) is 7.85. The second-order valence-corrected chi connectivity index (χ2v) is 6.25. The molecule has 1 aromatic rings. The summed E-state index contributed by atoms with van der Waals surface area (Å²) in [6.45, 7) is 9.72. The molecule has 0 aromatic heterocycles. The Kier molecular flexibility index (Phi) is 6.22. The van der Waals surface area contributed by atoms with Crippen LogP contribution in [0.15, 0.2) is 24.3 Å². The molecule has 1 fully saturated rings. The first-order valence-corrected chi connectivity index (χ1v) is 8.23. The molecule has 1 saturated heterocycles. The van der Waals surface area contributed by atoms with Crippen LogP contribution in [0.2, 0.25) is 5.02 Å². The predicted octanol–water partition coefficient (Wildman–Crippen LogP) is 3.33. The number of nitrogens with zero attached hydrogens (tertiary/aromatic N) is 2. The smallest absolute Gasteiger partial charge is 0.164 e. The summed E-state index contributed by atoms with van der Waals surface area (Å²) < 4.78 is 0. The molecule has 2 rings (SSSR count). The lowest BCUT2D eigenvalue weighted by Crippen LogP contribution is -2.49. The lowest BCUT2D eigenvalue weighted by atomic mass is 10.1. The lowest BCUT2D eigenvalue weighted by molar-refractivity contribution is 0.0866. The van der Waals surface area contributed by atoms with Gasteiger partial charge in [0.25, 0.3) is 0 Å². The van der Waals surface area contributed by atoms with Crippen molar-refractivity contribution in [2.45, 2.75) is 32.7 Å². The van der Waals surface area contributed by atoms with Gasteiger partial charge in [0.2, 0.25) is 0 Å². The van der Waals surface area contributed by atoms with Crippen molar-refractivity contribution in [3.63, 3.8) is 0 Å². The molecule has 4 heteroatoms. The van der Waals surface area contributed by atoms with Crippen LogP contribution in [0, 0.1) is 0 Å². The maximum Gasteiger partial charge on any atom is 0.164 e. The third-order valence-corrected chi connectivity index (χ3v) is 4.66. The number of piperazine rings is 1. The van der Waals surface area contributed by atoms with Gasteiger partial charge in [-0.3, -0.25) is 9.69 Å². The maximum absolute atomic E-state index is 12.2. The molecule has 0 bridgehead atoms. The molecule has 116 valence electrons. The van der Waals surface area contributed by atoms with Gasteiger partial charge in [0.05, 0.1) is 0 Å². The van der Waals surface area contributed by atoms with Crippen molar-refractivity contribution in [1.29, 1.82) is 0 Å². The number of ketones is 1. The molecular formula is C17H25ClN2O. The molecule has 3 nitrogen and oxygen atoms in total. The molecule has 1 heterocycles. The fourth-order valence-electron chi connectivity index (χ4n) is 2.75. The molecule has 1 atom stereocenters. The van der Waals surface area contributed by atoms with E-state index in [9.17, 15) is 4.79 Å². The second kappa shape index (κ2) is 7.92. The zero-order valence-electron chi connectivity index (χ0n) is 13.0. The molecule has 0 saturated carbocycles. The van der Waals surface area contributed by atoms with Crippen LogP contribution < -0.4 is 0 Å². The van der Waals surface area contributed by atoms with Gasteiger partial charge in [-0.2, -0.15) is 0 Å². The highest BCUT2D eigenvalue weighted by molar-refractivity contribution is 6.31. The average molecular weight is 309 g/mol. The molecule has 0 N–H and O–H groups in total. The molecule has 0 spiro atoms. The maximum atomic E-state index is 12.2. The van der Waals surface area contributed by atoms with E-state index in [-0.39, 0.29) is 5.78 Å². The van der Waals surface area contributed by atoms with Gasteiger partial charge in [0.15, 0.2) is 5.78 Å². The molecule has 0 aliphatic carbocycles. The zero-order chi connectivity index (χ0) is 15.2. The largest absolute Gasteiger partial charge is 0.300 e. The summed E-state index contributed by atoms with van der Waals surface area (Å²) >= 11 is 5.93. The van der Waals surface area contributed by atoms with Crippen LogP contribution in [0.25, 0.3) is 0 Å². The average Bonchev–Trinajstić information content (AvgIpc) is 2.52. The van der Waals surface area contributed by atoms with Crippen molar-refractivity contribution < 1.29 is 4.79 Å². The Morgan fingerprint density at radius 2 is 2.00 bits per heavy atom. The van der Waals surface area contributed by atoms with Gasteiger partial charge in [0.1, 0.15) is 0 Å². The standard InChI is InChI=1S/C17H25ClN2O/c1-3-14(2)20-11-9-19(10-12-20)8-7-17(21)15-5-4-6-16(18)13-15/h4-6,13-14H,3,7-12H2,1-2H3. The number of hydrogen-bond donors (Lipinski definition) is 0. The Balaban J connectivity index is 1.76. The lowest BCUT2D eigenvalue weighted by Gasteiger charge is -2.37. The first kappa shape index (κ1) is 16.5. The van der Waals surface area contributed by atoms with Gasteiger partial charge in [0, 0.05) is 55.8 Å². The van der Waals surface area contributed by atoms with Crippen molar-refractivity contribution in [2.24, 2.45) is 0 Å². The third kappa shape index (κ3) is 4.80. The number of hydrogen-bond acceptors (Lipinski definition) is 3. The van der Waals surface area contributed by atoms with Crippen LogP contribution in [-0.2, 0) is 0 Å². The molecule has 1 aromatic carbocycles. The van der Waals surface area contributed by atoms with Crippen LogP contribution in [0.5, 0.6) is 0 Å². The van der Waals surface area contributed by atoms with Gasteiger partial charge in [-0.25, -0.2) is 0 Å². The van der Waals surface area contributed by atoms with Crippen LogP contribution in [0.3, 0.4) is 0 Å². The van der Waals surface area contributed by atoms with Gasteiger partial charge >= 0.3 is 0 Å². The van der Waals surface area contributed by atoms with Gasteiger partial charge in [-0.15, -0.1) is 0 Å². The van der Waals surface area contributed by atoms with E-state index in [1.807, 2.05) is 12.1 Å². The minimum atomic E-state index is 0.182. The molecule has 1 unspecified atom stereocenters. The van der Waals surface area contributed by atoms with Crippen molar-refractivity contribution >= 4 is 17.4 Å². The van der Waals surface area contributed by atoms with Crippen molar-refractivity contribution in [3.05, 3.63) is 34.9 Å². The van der Waals surface area contributed by atoms with E-state index in [1.165, 1.54) is 6.42 Å². The van der Waals surface area contributed by atoms with Crippen molar-refractivity contribution in [3.8, 4) is 0 Å². The minimum absolute atomic E-state index is 0.182. The predicted molar refractivity (Wildman–Crippen MR) is 88.2 cm³/mol. The quantitative estimate of drug-likeness (QED) is 0.753. The Morgan fingerprint density at radius 3 is 2.62 bits per heavy atom. The third-order valence-electron chi connectivity index (χ3n) is 4.42. The number of benzene rings is 1. The zero-order valence-corrected chi connectivity index (χ0v) is 13.8. The van der Waals surface area contributed by atoms with Crippen LogP contribution >= 0.6 is 11.6 Å². The van der Waals surface area contributed by atoms with Gasteiger partial charge in [-0.05, 0) is 25.5 Å². The van der Waals surface area contributed by atoms with Crippen molar-refractivity contribution in [2.75, 3.05) is 32.7 Å². The van der Waals surface area contributed by atoms with Crippen LogP contribution in [0.4, 0.5) is 0 Å².